The molecule has 0 radical (unpaired) electrons. The zero-order chi connectivity index (χ0) is 22.9. The van der Waals surface area contributed by atoms with Crippen LogP contribution in [-0.2, 0) is 24.4 Å². The van der Waals surface area contributed by atoms with Gasteiger partial charge in [-0.2, -0.15) is 0 Å². The molecule has 0 saturated heterocycles. The molecule has 4 rings (SSSR count). The molecule has 0 aliphatic carbocycles. The summed E-state index contributed by atoms with van der Waals surface area (Å²) in [4.78, 5) is 27.6. The van der Waals surface area contributed by atoms with E-state index in [1.807, 2.05) is 59.5 Å². The molecule has 0 aliphatic heterocycles. The molecule has 0 spiro atoms. The molecule has 2 N–H and O–H groups in total. The van der Waals surface area contributed by atoms with Crippen LogP contribution in [0.1, 0.15) is 27.4 Å². The lowest BCUT2D eigenvalue weighted by Crippen LogP contribution is -2.33. The number of para-hydroxylation sites is 1. The van der Waals surface area contributed by atoms with Crippen LogP contribution in [0.3, 0.4) is 0 Å². The van der Waals surface area contributed by atoms with Crippen molar-refractivity contribution in [3.63, 3.8) is 0 Å². The van der Waals surface area contributed by atoms with E-state index in [2.05, 4.69) is 10.6 Å². The molecule has 0 bridgehead atoms. The third kappa shape index (κ3) is 6.44. The van der Waals surface area contributed by atoms with Crippen LogP contribution in [0.25, 0.3) is 0 Å². The van der Waals surface area contributed by atoms with Gasteiger partial charge < -0.3 is 19.5 Å². The molecule has 0 aliphatic rings. The van der Waals surface area contributed by atoms with Gasteiger partial charge in [0.05, 0.1) is 43.4 Å². The van der Waals surface area contributed by atoms with Gasteiger partial charge in [-0.1, -0.05) is 42.5 Å². The van der Waals surface area contributed by atoms with Gasteiger partial charge in [-0.25, -0.2) is 0 Å². The summed E-state index contributed by atoms with van der Waals surface area (Å²) in [5, 5.41) is 5.78. The number of benzene rings is 2. The Balaban J connectivity index is 1.40. The number of furan rings is 2. The normalized spacial score (nSPS) is 10.8. The molecule has 4 aromatic rings. The minimum Gasteiger partial charge on any atom is -0.468 e. The highest BCUT2D eigenvalue weighted by molar-refractivity contribution is 6.04. The molecule has 2 amide bonds. The van der Waals surface area contributed by atoms with E-state index >= 15 is 0 Å². The van der Waals surface area contributed by atoms with E-state index in [0.29, 0.717) is 30.9 Å². The maximum atomic E-state index is 12.9. The predicted octanol–water partition coefficient (Wildman–Crippen LogP) is 4.44. The van der Waals surface area contributed by atoms with Crippen molar-refractivity contribution in [1.82, 2.24) is 10.2 Å². The Morgan fingerprint density at radius 3 is 2.03 bits per heavy atom. The molecule has 0 atom stereocenters. The third-order valence-electron chi connectivity index (χ3n) is 5.03. The zero-order valence-corrected chi connectivity index (χ0v) is 18.1. The van der Waals surface area contributed by atoms with Crippen molar-refractivity contribution < 1.29 is 18.4 Å². The molecule has 2 aromatic heterocycles. The number of nitrogens with one attached hydrogen (secondary N) is 2. The van der Waals surface area contributed by atoms with Crippen LogP contribution in [0.4, 0.5) is 5.69 Å². The van der Waals surface area contributed by atoms with Crippen molar-refractivity contribution in [2.75, 3.05) is 11.9 Å². The Morgan fingerprint density at radius 1 is 0.758 bits per heavy atom. The van der Waals surface area contributed by atoms with Crippen molar-refractivity contribution in [3.05, 3.63) is 114 Å². The summed E-state index contributed by atoms with van der Waals surface area (Å²) in [6, 6.07) is 24.0. The van der Waals surface area contributed by atoms with Crippen LogP contribution < -0.4 is 10.6 Å². The molecule has 0 saturated carbocycles. The molecule has 168 valence electrons. The maximum Gasteiger partial charge on any atom is 0.253 e. The summed E-state index contributed by atoms with van der Waals surface area (Å²) >= 11 is 0. The smallest absolute Gasteiger partial charge is 0.253 e. The Kier molecular flexibility index (Phi) is 7.35. The van der Waals surface area contributed by atoms with Crippen LogP contribution in [0.2, 0.25) is 0 Å². The fraction of sp³-hybridized carbons (Fsp3) is 0.154. The standard InChI is InChI=1S/C26H25N3O4/c30-25(19-29(17-21-10-6-14-32-21)18-22-11-7-15-33-22)28-24-13-5-4-12-23(24)26(31)27-16-20-8-2-1-3-9-20/h1-15H,16-19H2,(H,27,31)(H,28,30). The number of carbonyl (C=O) groups excluding carboxylic acids is 2. The lowest BCUT2D eigenvalue weighted by molar-refractivity contribution is -0.117. The van der Waals surface area contributed by atoms with E-state index in [0.717, 1.165) is 17.1 Å². The second kappa shape index (κ2) is 11.0. The Hall–Kier alpha value is -4.10. The number of carbonyl (C=O) groups is 2. The number of hydrogen-bond donors (Lipinski definition) is 2. The fourth-order valence-corrected chi connectivity index (χ4v) is 3.47. The van der Waals surface area contributed by atoms with Gasteiger partial charge in [0.2, 0.25) is 5.91 Å². The highest BCUT2D eigenvalue weighted by Crippen LogP contribution is 2.16. The molecule has 0 fully saturated rings. The van der Waals surface area contributed by atoms with Gasteiger partial charge in [-0.15, -0.1) is 0 Å². The fourth-order valence-electron chi connectivity index (χ4n) is 3.47. The molecule has 2 aromatic carbocycles. The number of hydrogen-bond acceptors (Lipinski definition) is 5. The van der Waals surface area contributed by atoms with Crippen LogP contribution in [0.15, 0.2) is 100 Å². The van der Waals surface area contributed by atoms with Crippen LogP contribution in [0, 0.1) is 0 Å². The first-order chi connectivity index (χ1) is 16.2. The summed E-state index contributed by atoms with van der Waals surface area (Å²) in [5.41, 5.74) is 1.87. The van der Waals surface area contributed by atoms with Gasteiger partial charge in [0.1, 0.15) is 11.5 Å². The van der Waals surface area contributed by atoms with Crippen molar-refractivity contribution >= 4 is 17.5 Å². The Labute approximate surface area is 192 Å². The number of rotatable bonds is 10. The zero-order valence-electron chi connectivity index (χ0n) is 18.1. The minimum absolute atomic E-state index is 0.0986. The Morgan fingerprint density at radius 2 is 1.39 bits per heavy atom. The predicted molar refractivity (Wildman–Crippen MR) is 124 cm³/mol. The summed E-state index contributed by atoms with van der Waals surface area (Å²) in [7, 11) is 0. The summed E-state index contributed by atoms with van der Waals surface area (Å²) in [6.45, 7) is 1.39. The quantitative estimate of drug-likeness (QED) is 0.378. The second-order valence-electron chi connectivity index (χ2n) is 7.57. The van der Waals surface area contributed by atoms with Crippen LogP contribution >= 0.6 is 0 Å². The lowest BCUT2D eigenvalue weighted by Gasteiger charge is -2.20. The monoisotopic (exact) mass is 443 g/mol. The molecular formula is C26H25N3O4. The third-order valence-corrected chi connectivity index (χ3v) is 5.03. The van der Waals surface area contributed by atoms with Gasteiger partial charge in [-0.3, -0.25) is 14.5 Å². The number of anilines is 1. The molecule has 7 heteroatoms. The van der Waals surface area contributed by atoms with Crippen LogP contribution in [-0.4, -0.2) is 23.3 Å². The maximum absolute atomic E-state index is 12.9. The second-order valence-corrected chi connectivity index (χ2v) is 7.57. The van der Waals surface area contributed by atoms with Crippen molar-refractivity contribution in [2.45, 2.75) is 19.6 Å². The van der Waals surface area contributed by atoms with Crippen LogP contribution in [0.5, 0.6) is 0 Å². The number of amides is 2. The van der Waals surface area contributed by atoms with E-state index in [-0.39, 0.29) is 18.4 Å². The van der Waals surface area contributed by atoms with Gasteiger partial charge in [0.25, 0.3) is 5.91 Å². The molecule has 2 heterocycles. The minimum atomic E-state index is -0.252. The SMILES string of the molecule is O=C(CN(Cc1ccco1)Cc1ccco1)Nc1ccccc1C(=O)NCc1ccccc1. The largest absolute Gasteiger partial charge is 0.468 e. The van der Waals surface area contributed by atoms with E-state index in [1.54, 1.807) is 36.8 Å². The van der Waals surface area contributed by atoms with Crippen molar-refractivity contribution in [2.24, 2.45) is 0 Å². The summed E-state index contributed by atoms with van der Waals surface area (Å²) in [5.74, 6) is 0.999. The van der Waals surface area contributed by atoms with E-state index in [4.69, 9.17) is 8.83 Å². The van der Waals surface area contributed by atoms with E-state index in [1.165, 1.54) is 0 Å². The number of nitrogens with zero attached hydrogens (tertiary/aromatic N) is 1. The van der Waals surface area contributed by atoms with Gasteiger partial charge in [0, 0.05) is 6.54 Å². The average Bonchev–Trinajstić information content (AvgIpc) is 3.53. The van der Waals surface area contributed by atoms with Crippen molar-refractivity contribution in [3.8, 4) is 0 Å². The first-order valence-corrected chi connectivity index (χ1v) is 10.7. The van der Waals surface area contributed by atoms with Crippen molar-refractivity contribution in [1.29, 1.82) is 0 Å². The molecule has 7 nitrogen and oxygen atoms in total. The molecule has 0 unspecified atom stereocenters. The first kappa shape index (κ1) is 22.1. The summed E-state index contributed by atoms with van der Waals surface area (Å²) < 4.78 is 10.9. The van der Waals surface area contributed by atoms with Gasteiger partial charge >= 0.3 is 0 Å². The highest BCUT2D eigenvalue weighted by Gasteiger charge is 2.17. The highest BCUT2D eigenvalue weighted by atomic mass is 16.3. The average molecular weight is 444 g/mol. The summed E-state index contributed by atoms with van der Waals surface area (Å²) in [6.07, 6.45) is 3.20. The molecule has 33 heavy (non-hydrogen) atoms. The topological polar surface area (TPSA) is 87.7 Å². The molecular weight excluding hydrogens is 418 g/mol. The first-order valence-electron chi connectivity index (χ1n) is 10.7. The van der Waals surface area contributed by atoms with Gasteiger partial charge in [-0.05, 0) is 42.0 Å². The Bertz CT molecular complexity index is 1120. The van der Waals surface area contributed by atoms with E-state index in [9.17, 15) is 9.59 Å². The lowest BCUT2D eigenvalue weighted by atomic mass is 10.1. The van der Waals surface area contributed by atoms with E-state index < -0.39 is 0 Å². The van der Waals surface area contributed by atoms with Gasteiger partial charge in [0.15, 0.2) is 0 Å².